The summed E-state index contributed by atoms with van der Waals surface area (Å²) in [6.45, 7) is 1.12. The first-order valence-electron chi connectivity index (χ1n) is 7.03. The van der Waals surface area contributed by atoms with Crippen LogP contribution in [0.4, 0.5) is 8.78 Å². The molecule has 1 amide bonds. The van der Waals surface area contributed by atoms with Crippen molar-refractivity contribution in [1.29, 1.82) is 0 Å². The number of aryl methyl sites for hydroxylation is 1. The summed E-state index contributed by atoms with van der Waals surface area (Å²) >= 11 is 0. The zero-order valence-electron chi connectivity index (χ0n) is 12.1. The van der Waals surface area contributed by atoms with Gasteiger partial charge in [-0.25, -0.2) is 8.78 Å². The first-order chi connectivity index (χ1) is 10.6. The quantitative estimate of drug-likeness (QED) is 0.854. The third kappa shape index (κ3) is 2.62. The molecular formula is C16H16F2N2O2. The highest BCUT2D eigenvalue weighted by molar-refractivity contribution is 5.94. The molecule has 0 radical (unpaired) electrons. The van der Waals surface area contributed by atoms with E-state index in [-0.39, 0.29) is 11.6 Å². The molecule has 1 aliphatic heterocycles. The van der Waals surface area contributed by atoms with Crippen LogP contribution in [-0.2, 0) is 11.8 Å². The molecule has 0 aliphatic carbocycles. The van der Waals surface area contributed by atoms with E-state index in [1.165, 1.54) is 6.07 Å². The van der Waals surface area contributed by atoms with Crippen LogP contribution >= 0.6 is 0 Å². The summed E-state index contributed by atoms with van der Waals surface area (Å²) in [5, 5.41) is 0. The summed E-state index contributed by atoms with van der Waals surface area (Å²) in [5.74, 6) is -2.00. The van der Waals surface area contributed by atoms with Crippen LogP contribution in [0, 0.1) is 11.6 Å². The van der Waals surface area contributed by atoms with Gasteiger partial charge in [0.1, 0.15) is 11.6 Å². The normalized spacial score (nSPS) is 18.5. The van der Waals surface area contributed by atoms with Crippen LogP contribution in [0.2, 0.25) is 0 Å². The molecular weight excluding hydrogens is 290 g/mol. The molecule has 1 atom stereocenters. The van der Waals surface area contributed by atoms with E-state index < -0.39 is 17.5 Å². The van der Waals surface area contributed by atoms with Crippen molar-refractivity contribution in [3.63, 3.8) is 0 Å². The fourth-order valence-corrected chi connectivity index (χ4v) is 2.73. The first kappa shape index (κ1) is 14.7. The molecule has 0 bridgehead atoms. The average molecular weight is 306 g/mol. The van der Waals surface area contributed by atoms with E-state index in [0.717, 1.165) is 17.8 Å². The van der Waals surface area contributed by atoms with Crippen molar-refractivity contribution in [2.24, 2.45) is 7.05 Å². The van der Waals surface area contributed by atoms with Gasteiger partial charge in [-0.3, -0.25) is 4.79 Å². The predicted molar refractivity (Wildman–Crippen MR) is 76.4 cm³/mol. The second-order valence-corrected chi connectivity index (χ2v) is 5.26. The van der Waals surface area contributed by atoms with Gasteiger partial charge in [-0.1, -0.05) is 0 Å². The number of morpholine rings is 1. The van der Waals surface area contributed by atoms with Gasteiger partial charge in [0.05, 0.1) is 24.8 Å². The third-order valence-electron chi connectivity index (χ3n) is 3.88. The maximum atomic E-state index is 13.9. The average Bonchev–Trinajstić information content (AvgIpc) is 2.93. The van der Waals surface area contributed by atoms with Gasteiger partial charge in [0.2, 0.25) is 0 Å². The standard InChI is InChI=1S/C16H16F2N2O2/c1-19-6-2-3-14(19)15-10-22-8-7-20(15)16(21)12-5-4-11(17)9-13(12)18/h2-6,9,15H,7-8,10H2,1H3. The third-order valence-corrected chi connectivity index (χ3v) is 3.88. The molecule has 116 valence electrons. The summed E-state index contributed by atoms with van der Waals surface area (Å²) in [6.07, 6.45) is 1.88. The Bertz CT molecular complexity index is 699. The molecule has 0 spiro atoms. The lowest BCUT2D eigenvalue weighted by molar-refractivity contribution is -0.00487. The van der Waals surface area contributed by atoms with E-state index in [2.05, 4.69) is 0 Å². The van der Waals surface area contributed by atoms with E-state index >= 15 is 0 Å². The van der Waals surface area contributed by atoms with Crippen molar-refractivity contribution in [2.45, 2.75) is 6.04 Å². The molecule has 4 nitrogen and oxygen atoms in total. The zero-order valence-corrected chi connectivity index (χ0v) is 12.1. The highest BCUT2D eigenvalue weighted by atomic mass is 19.1. The second kappa shape index (κ2) is 5.88. The molecule has 1 fully saturated rings. The number of hydrogen-bond donors (Lipinski definition) is 0. The smallest absolute Gasteiger partial charge is 0.257 e. The Labute approximate surface area is 126 Å². The molecule has 1 aromatic heterocycles. The number of rotatable bonds is 2. The van der Waals surface area contributed by atoms with Crippen molar-refractivity contribution in [1.82, 2.24) is 9.47 Å². The van der Waals surface area contributed by atoms with Crippen LogP contribution in [0.3, 0.4) is 0 Å². The lowest BCUT2D eigenvalue weighted by atomic mass is 10.1. The zero-order chi connectivity index (χ0) is 15.7. The minimum atomic E-state index is -0.845. The van der Waals surface area contributed by atoms with E-state index in [9.17, 15) is 13.6 Å². The molecule has 2 heterocycles. The number of nitrogens with zero attached hydrogens (tertiary/aromatic N) is 2. The van der Waals surface area contributed by atoms with Gasteiger partial charge in [0.15, 0.2) is 0 Å². The SMILES string of the molecule is Cn1cccc1C1COCCN1C(=O)c1ccc(F)cc1F. The summed E-state index contributed by atoms with van der Waals surface area (Å²) in [7, 11) is 1.88. The van der Waals surface area contributed by atoms with Crippen LogP contribution in [-0.4, -0.2) is 35.1 Å². The maximum absolute atomic E-state index is 13.9. The van der Waals surface area contributed by atoms with Crippen molar-refractivity contribution < 1.29 is 18.3 Å². The Kier molecular flexibility index (Phi) is 3.94. The van der Waals surface area contributed by atoms with Crippen molar-refractivity contribution in [3.05, 3.63) is 59.4 Å². The van der Waals surface area contributed by atoms with Gasteiger partial charge < -0.3 is 14.2 Å². The first-order valence-corrected chi connectivity index (χ1v) is 7.03. The van der Waals surface area contributed by atoms with Gasteiger partial charge in [-0.05, 0) is 24.3 Å². The maximum Gasteiger partial charge on any atom is 0.257 e. The Morgan fingerprint density at radius 1 is 1.32 bits per heavy atom. The largest absolute Gasteiger partial charge is 0.377 e. The van der Waals surface area contributed by atoms with Crippen LogP contribution in [0.1, 0.15) is 22.1 Å². The number of ether oxygens (including phenoxy) is 1. The fourth-order valence-electron chi connectivity index (χ4n) is 2.73. The molecule has 1 aliphatic rings. The van der Waals surface area contributed by atoms with Gasteiger partial charge in [0, 0.05) is 31.5 Å². The molecule has 1 aromatic carbocycles. The van der Waals surface area contributed by atoms with Crippen LogP contribution in [0.25, 0.3) is 0 Å². The summed E-state index contributed by atoms with van der Waals surface area (Å²) < 4.78 is 34.3. The summed E-state index contributed by atoms with van der Waals surface area (Å²) in [6, 6.07) is 6.50. The molecule has 22 heavy (non-hydrogen) atoms. The summed E-state index contributed by atoms with van der Waals surface area (Å²) in [4.78, 5) is 14.2. The highest BCUT2D eigenvalue weighted by Crippen LogP contribution is 2.26. The number of benzene rings is 1. The van der Waals surface area contributed by atoms with E-state index in [1.807, 2.05) is 29.9 Å². The monoisotopic (exact) mass is 306 g/mol. The van der Waals surface area contributed by atoms with Crippen LogP contribution < -0.4 is 0 Å². The number of carbonyl (C=O) groups is 1. The highest BCUT2D eigenvalue weighted by Gasteiger charge is 2.31. The van der Waals surface area contributed by atoms with Gasteiger partial charge in [0.25, 0.3) is 5.91 Å². The lowest BCUT2D eigenvalue weighted by Gasteiger charge is -2.36. The Morgan fingerprint density at radius 2 is 2.14 bits per heavy atom. The van der Waals surface area contributed by atoms with E-state index in [1.54, 1.807) is 4.90 Å². The fraction of sp³-hybridized carbons (Fsp3) is 0.312. The molecule has 6 heteroatoms. The van der Waals surface area contributed by atoms with Crippen LogP contribution in [0.15, 0.2) is 36.5 Å². The number of carbonyl (C=O) groups excluding carboxylic acids is 1. The number of amides is 1. The molecule has 3 rings (SSSR count). The Balaban J connectivity index is 1.93. The van der Waals surface area contributed by atoms with Gasteiger partial charge in [-0.15, -0.1) is 0 Å². The van der Waals surface area contributed by atoms with Crippen molar-refractivity contribution >= 4 is 5.91 Å². The summed E-state index contributed by atoms with van der Waals surface area (Å²) in [5.41, 5.74) is 0.790. The molecule has 2 aromatic rings. The predicted octanol–water partition coefficient (Wildman–Crippen LogP) is 2.52. The molecule has 1 saturated heterocycles. The number of aromatic nitrogens is 1. The second-order valence-electron chi connectivity index (χ2n) is 5.26. The van der Waals surface area contributed by atoms with Crippen molar-refractivity contribution in [3.8, 4) is 0 Å². The van der Waals surface area contributed by atoms with Gasteiger partial charge >= 0.3 is 0 Å². The van der Waals surface area contributed by atoms with Crippen molar-refractivity contribution in [2.75, 3.05) is 19.8 Å². The number of hydrogen-bond acceptors (Lipinski definition) is 2. The Morgan fingerprint density at radius 3 is 2.82 bits per heavy atom. The minimum absolute atomic E-state index is 0.123. The molecule has 0 saturated carbocycles. The Hall–Kier alpha value is -2.21. The van der Waals surface area contributed by atoms with Gasteiger partial charge in [-0.2, -0.15) is 0 Å². The van der Waals surface area contributed by atoms with Crippen LogP contribution in [0.5, 0.6) is 0 Å². The van der Waals surface area contributed by atoms with E-state index in [0.29, 0.717) is 19.8 Å². The topological polar surface area (TPSA) is 34.5 Å². The van der Waals surface area contributed by atoms with E-state index in [4.69, 9.17) is 4.74 Å². The molecule has 0 N–H and O–H groups in total. The number of halogens is 2. The molecule has 1 unspecified atom stereocenters. The minimum Gasteiger partial charge on any atom is -0.377 e. The lowest BCUT2D eigenvalue weighted by Crippen LogP contribution is -2.44.